The summed E-state index contributed by atoms with van der Waals surface area (Å²) < 4.78 is 4.67. The number of urea groups is 1. The number of methoxy groups -OCH3 is 1. The topological polar surface area (TPSA) is 80.3 Å². The van der Waals surface area contributed by atoms with Crippen LogP contribution in [-0.4, -0.2) is 30.6 Å². The minimum Gasteiger partial charge on any atom is -0.465 e. The number of pyridine rings is 1. The van der Waals surface area contributed by atoms with Gasteiger partial charge < -0.3 is 15.4 Å². The Hall–Kier alpha value is -3.41. The average Bonchev–Trinajstić information content (AvgIpc) is 2.67. The largest absolute Gasteiger partial charge is 0.465 e. The van der Waals surface area contributed by atoms with Crippen LogP contribution in [0, 0.1) is 0 Å². The molecule has 0 bridgehead atoms. The van der Waals surface area contributed by atoms with Gasteiger partial charge >= 0.3 is 12.0 Å². The molecular formula is C20H19N3O3. The van der Waals surface area contributed by atoms with Crippen molar-refractivity contribution >= 4 is 28.6 Å². The zero-order chi connectivity index (χ0) is 18.4. The molecule has 0 saturated carbocycles. The number of carbonyl (C=O) groups excluding carboxylic acids is 2. The molecule has 0 aliphatic heterocycles. The highest BCUT2D eigenvalue weighted by Gasteiger charge is 2.08. The lowest BCUT2D eigenvalue weighted by Gasteiger charge is -2.09. The van der Waals surface area contributed by atoms with Crippen molar-refractivity contribution in [3.63, 3.8) is 0 Å². The van der Waals surface area contributed by atoms with Gasteiger partial charge in [-0.1, -0.05) is 30.3 Å². The van der Waals surface area contributed by atoms with E-state index in [2.05, 4.69) is 20.4 Å². The fourth-order valence-corrected chi connectivity index (χ4v) is 2.70. The van der Waals surface area contributed by atoms with Gasteiger partial charge in [-0.05, 0) is 36.2 Å². The number of amides is 2. The lowest BCUT2D eigenvalue weighted by atomic mass is 10.1. The second-order valence-corrected chi connectivity index (χ2v) is 5.70. The van der Waals surface area contributed by atoms with E-state index in [0.29, 0.717) is 24.2 Å². The Morgan fingerprint density at radius 2 is 1.88 bits per heavy atom. The molecule has 0 aliphatic rings. The molecule has 1 heterocycles. The molecule has 2 aromatic carbocycles. The summed E-state index contributed by atoms with van der Waals surface area (Å²) in [6.45, 7) is 0.470. The first kappa shape index (κ1) is 17.4. The summed E-state index contributed by atoms with van der Waals surface area (Å²) in [7, 11) is 1.32. The number of carbonyl (C=O) groups is 2. The molecule has 132 valence electrons. The SMILES string of the molecule is COC(=O)c1cccc(NC(=O)NCCc2cccc3cccnc23)c1. The van der Waals surface area contributed by atoms with Crippen LogP contribution in [-0.2, 0) is 11.2 Å². The van der Waals surface area contributed by atoms with Gasteiger partial charge in [-0.15, -0.1) is 0 Å². The van der Waals surface area contributed by atoms with E-state index in [0.717, 1.165) is 16.5 Å². The van der Waals surface area contributed by atoms with E-state index >= 15 is 0 Å². The number of benzene rings is 2. The summed E-state index contributed by atoms with van der Waals surface area (Å²) in [5, 5.41) is 6.60. The van der Waals surface area contributed by atoms with Crippen LogP contribution >= 0.6 is 0 Å². The number of hydrogen-bond donors (Lipinski definition) is 2. The zero-order valence-electron chi connectivity index (χ0n) is 14.4. The third-order valence-corrected chi connectivity index (χ3v) is 3.94. The number of nitrogens with one attached hydrogen (secondary N) is 2. The van der Waals surface area contributed by atoms with Gasteiger partial charge in [-0.2, -0.15) is 0 Å². The summed E-state index contributed by atoms with van der Waals surface area (Å²) in [6, 6.07) is 16.2. The summed E-state index contributed by atoms with van der Waals surface area (Å²) in [6.07, 6.45) is 2.43. The van der Waals surface area contributed by atoms with Crippen LogP contribution in [0.1, 0.15) is 15.9 Å². The molecule has 0 saturated heterocycles. The first-order chi connectivity index (χ1) is 12.7. The van der Waals surface area contributed by atoms with Crippen LogP contribution in [0.15, 0.2) is 60.8 Å². The molecule has 0 aliphatic carbocycles. The fraction of sp³-hybridized carbons (Fsp3) is 0.150. The van der Waals surface area contributed by atoms with Crippen LogP contribution in [0.2, 0.25) is 0 Å². The van der Waals surface area contributed by atoms with E-state index < -0.39 is 5.97 Å². The van der Waals surface area contributed by atoms with Gasteiger partial charge in [-0.3, -0.25) is 4.98 Å². The number of aromatic nitrogens is 1. The molecule has 3 rings (SSSR count). The molecule has 26 heavy (non-hydrogen) atoms. The van der Waals surface area contributed by atoms with E-state index in [4.69, 9.17) is 0 Å². The molecule has 2 amide bonds. The number of hydrogen-bond acceptors (Lipinski definition) is 4. The molecule has 0 spiro atoms. The fourth-order valence-electron chi connectivity index (χ4n) is 2.70. The molecule has 0 radical (unpaired) electrons. The normalized spacial score (nSPS) is 10.3. The number of rotatable bonds is 5. The zero-order valence-corrected chi connectivity index (χ0v) is 14.4. The van der Waals surface area contributed by atoms with Crippen LogP contribution in [0.4, 0.5) is 10.5 Å². The van der Waals surface area contributed by atoms with Crippen LogP contribution in [0.25, 0.3) is 10.9 Å². The molecule has 1 aromatic heterocycles. The van der Waals surface area contributed by atoms with Crippen molar-refractivity contribution in [1.82, 2.24) is 10.3 Å². The first-order valence-electron chi connectivity index (χ1n) is 8.23. The Balaban J connectivity index is 1.57. The number of fused-ring (bicyclic) bond motifs is 1. The minimum absolute atomic E-state index is 0.333. The lowest BCUT2D eigenvalue weighted by Crippen LogP contribution is -2.30. The van der Waals surface area contributed by atoms with E-state index in [1.54, 1.807) is 30.5 Å². The highest BCUT2D eigenvalue weighted by atomic mass is 16.5. The summed E-state index contributed by atoms with van der Waals surface area (Å²) in [4.78, 5) is 28.0. The second kappa shape index (κ2) is 8.11. The number of para-hydroxylation sites is 1. The van der Waals surface area contributed by atoms with Crippen molar-refractivity contribution in [1.29, 1.82) is 0 Å². The molecule has 3 aromatic rings. The van der Waals surface area contributed by atoms with Crippen molar-refractivity contribution in [2.45, 2.75) is 6.42 Å². The molecule has 0 unspecified atom stereocenters. The molecule has 0 fully saturated rings. The van der Waals surface area contributed by atoms with Gasteiger partial charge in [0.2, 0.25) is 0 Å². The van der Waals surface area contributed by atoms with E-state index in [9.17, 15) is 9.59 Å². The summed E-state index contributed by atoms with van der Waals surface area (Å²) in [5.74, 6) is -0.447. The molecule has 2 N–H and O–H groups in total. The molecule has 0 atom stereocenters. The minimum atomic E-state index is -0.447. The summed E-state index contributed by atoms with van der Waals surface area (Å²) in [5.41, 5.74) is 2.93. The highest BCUT2D eigenvalue weighted by Crippen LogP contribution is 2.16. The first-order valence-corrected chi connectivity index (χ1v) is 8.23. The smallest absolute Gasteiger partial charge is 0.337 e. The third-order valence-electron chi connectivity index (χ3n) is 3.94. The van der Waals surface area contributed by atoms with E-state index in [1.165, 1.54) is 7.11 Å². The van der Waals surface area contributed by atoms with Gasteiger partial charge in [0, 0.05) is 23.8 Å². The summed E-state index contributed by atoms with van der Waals surface area (Å²) >= 11 is 0. The number of ether oxygens (including phenoxy) is 1. The molecule has 6 heteroatoms. The van der Waals surface area contributed by atoms with Gasteiger partial charge in [0.1, 0.15) is 0 Å². The Morgan fingerprint density at radius 1 is 1.08 bits per heavy atom. The van der Waals surface area contributed by atoms with Crippen molar-refractivity contribution in [3.8, 4) is 0 Å². The Bertz CT molecular complexity index is 935. The van der Waals surface area contributed by atoms with Crippen molar-refractivity contribution in [3.05, 3.63) is 71.9 Å². The van der Waals surface area contributed by atoms with Crippen molar-refractivity contribution < 1.29 is 14.3 Å². The number of anilines is 1. The molecular weight excluding hydrogens is 330 g/mol. The van der Waals surface area contributed by atoms with Crippen molar-refractivity contribution in [2.24, 2.45) is 0 Å². The van der Waals surface area contributed by atoms with E-state index in [-0.39, 0.29) is 6.03 Å². The third kappa shape index (κ3) is 4.16. The van der Waals surface area contributed by atoms with Crippen LogP contribution in [0.5, 0.6) is 0 Å². The second-order valence-electron chi connectivity index (χ2n) is 5.70. The van der Waals surface area contributed by atoms with Gasteiger partial charge in [0.05, 0.1) is 18.2 Å². The van der Waals surface area contributed by atoms with Gasteiger partial charge in [0.25, 0.3) is 0 Å². The lowest BCUT2D eigenvalue weighted by molar-refractivity contribution is 0.0600. The molecule has 6 nitrogen and oxygen atoms in total. The number of esters is 1. The Morgan fingerprint density at radius 3 is 2.73 bits per heavy atom. The maximum atomic E-state index is 12.1. The highest BCUT2D eigenvalue weighted by molar-refractivity contribution is 5.93. The maximum Gasteiger partial charge on any atom is 0.337 e. The standard InChI is InChI=1S/C20H19N3O3/c1-26-19(24)16-7-3-9-17(13-16)23-20(25)22-12-10-15-6-2-5-14-8-4-11-21-18(14)15/h2-9,11,13H,10,12H2,1H3,(H2,22,23,25). The van der Waals surface area contributed by atoms with Crippen LogP contribution in [0.3, 0.4) is 0 Å². The Labute approximate surface area is 151 Å². The Kier molecular flexibility index (Phi) is 5.43. The van der Waals surface area contributed by atoms with Gasteiger partial charge in [-0.25, -0.2) is 9.59 Å². The quantitative estimate of drug-likeness (QED) is 0.692. The predicted molar refractivity (Wildman–Crippen MR) is 100 cm³/mol. The maximum absolute atomic E-state index is 12.1. The van der Waals surface area contributed by atoms with Gasteiger partial charge in [0.15, 0.2) is 0 Å². The van der Waals surface area contributed by atoms with E-state index in [1.807, 2.05) is 30.3 Å². The van der Waals surface area contributed by atoms with Crippen LogP contribution < -0.4 is 10.6 Å². The monoisotopic (exact) mass is 349 g/mol. The predicted octanol–water partition coefficient (Wildman–Crippen LogP) is 3.39. The number of nitrogens with zero attached hydrogens (tertiary/aromatic N) is 1. The van der Waals surface area contributed by atoms with Crippen molar-refractivity contribution in [2.75, 3.05) is 19.0 Å². The average molecular weight is 349 g/mol.